The van der Waals surface area contributed by atoms with Gasteiger partial charge in [-0.2, -0.15) is 0 Å². The summed E-state index contributed by atoms with van der Waals surface area (Å²) in [5, 5.41) is 3.27. The maximum atomic E-state index is 13.1. The van der Waals surface area contributed by atoms with Gasteiger partial charge in [-0.05, 0) is 48.2 Å². The highest BCUT2D eigenvalue weighted by Gasteiger charge is 2.15. The standard InChI is InChI=1S/C24H26N2O2/c1-17(2)15-26-24-22(12-7-13-25-24)23(27)19-10-6-11-21(14-19)28-16-20-9-5-4-8-18(20)3/h4-14,17H,15-16H2,1-3H3,(H,25,26). The topological polar surface area (TPSA) is 51.2 Å². The first-order chi connectivity index (χ1) is 13.5. The summed E-state index contributed by atoms with van der Waals surface area (Å²) < 4.78 is 5.93. The maximum Gasteiger partial charge on any atom is 0.196 e. The molecule has 1 aromatic heterocycles. The summed E-state index contributed by atoms with van der Waals surface area (Å²) in [4.78, 5) is 17.4. The summed E-state index contributed by atoms with van der Waals surface area (Å²) in [7, 11) is 0. The van der Waals surface area contributed by atoms with Gasteiger partial charge < -0.3 is 10.1 Å². The molecule has 0 amide bonds. The van der Waals surface area contributed by atoms with Crippen LogP contribution in [-0.2, 0) is 6.61 Å². The Bertz CT molecular complexity index is 951. The second kappa shape index (κ2) is 9.18. The monoisotopic (exact) mass is 374 g/mol. The summed E-state index contributed by atoms with van der Waals surface area (Å²) in [5.74, 6) is 1.69. The smallest absolute Gasteiger partial charge is 0.196 e. The van der Waals surface area contributed by atoms with Crippen LogP contribution >= 0.6 is 0 Å². The van der Waals surface area contributed by atoms with Crippen molar-refractivity contribution in [3.05, 3.63) is 89.1 Å². The molecule has 2 aromatic carbocycles. The number of aromatic nitrogens is 1. The third-order valence-electron chi connectivity index (χ3n) is 4.48. The average Bonchev–Trinajstić information content (AvgIpc) is 2.71. The molecule has 4 nitrogen and oxygen atoms in total. The molecule has 144 valence electrons. The van der Waals surface area contributed by atoms with E-state index < -0.39 is 0 Å². The fourth-order valence-electron chi connectivity index (χ4n) is 2.85. The minimum atomic E-state index is -0.0688. The molecule has 0 fully saturated rings. The van der Waals surface area contributed by atoms with Crippen molar-refractivity contribution in [1.29, 1.82) is 0 Å². The molecule has 3 rings (SSSR count). The van der Waals surface area contributed by atoms with E-state index in [0.717, 1.165) is 12.1 Å². The number of carbonyl (C=O) groups is 1. The molecule has 0 spiro atoms. The fourth-order valence-corrected chi connectivity index (χ4v) is 2.85. The van der Waals surface area contributed by atoms with Crippen molar-refractivity contribution >= 4 is 11.6 Å². The minimum Gasteiger partial charge on any atom is -0.489 e. The first-order valence-corrected chi connectivity index (χ1v) is 9.55. The van der Waals surface area contributed by atoms with Gasteiger partial charge in [0.15, 0.2) is 5.78 Å². The van der Waals surface area contributed by atoms with E-state index in [1.165, 1.54) is 5.56 Å². The Labute approximate surface area is 166 Å². The molecule has 0 aliphatic rings. The molecule has 0 aliphatic carbocycles. The molecule has 0 aliphatic heterocycles. The van der Waals surface area contributed by atoms with Crippen molar-refractivity contribution in [1.82, 2.24) is 4.98 Å². The summed E-state index contributed by atoms with van der Waals surface area (Å²) in [6, 6.07) is 19.0. The number of pyridine rings is 1. The predicted octanol–water partition coefficient (Wildman–Crippen LogP) is 5.27. The van der Waals surface area contributed by atoms with Crippen molar-refractivity contribution in [2.24, 2.45) is 5.92 Å². The van der Waals surface area contributed by atoms with Crippen LogP contribution in [0.5, 0.6) is 5.75 Å². The quantitative estimate of drug-likeness (QED) is 0.546. The molecule has 0 radical (unpaired) electrons. The number of ether oxygens (including phenoxy) is 1. The largest absolute Gasteiger partial charge is 0.489 e. The highest BCUT2D eigenvalue weighted by atomic mass is 16.5. The third-order valence-corrected chi connectivity index (χ3v) is 4.48. The summed E-state index contributed by atoms with van der Waals surface area (Å²) >= 11 is 0. The molecular formula is C24H26N2O2. The van der Waals surface area contributed by atoms with E-state index in [1.807, 2.05) is 36.4 Å². The third kappa shape index (κ3) is 4.97. The van der Waals surface area contributed by atoms with Crippen molar-refractivity contribution in [2.45, 2.75) is 27.4 Å². The number of hydrogen-bond acceptors (Lipinski definition) is 4. The van der Waals surface area contributed by atoms with Crippen LogP contribution in [-0.4, -0.2) is 17.3 Å². The van der Waals surface area contributed by atoms with E-state index in [1.54, 1.807) is 24.4 Å². The number of carbonyl (C=O) groups excluding carboxylic acids is 1. The van der Waals surface area contributed by atoms with E-state index in [4.69, 9.17) is 4.74 Å². The van der Waals surface area contributed by atoms with Gasteiger partial charge in [0.1, 0.15) is 18.2 Å². The minimum absolute atomic E-state index is 0.0688. The van der Waals surface area contributed by atoms with Crippen LogP contribution in [0.1, 0.15) is 40.9 Å². The number of nitrogens with one attached hydrogen (secondary N) is 1. The van der Waals surface area contributed by atoms with Crippen molar-refractivity contribution in [3.63, 3.8) is 0 Å². The van der Waals surface area contributed by atoms with Gasteiger partial charge in [0.2, 0.25) is 0 Å². The molecule has 0 atom stereocenters. The number of aryl methyl sites for hydroxylation is 1. The number of benzene rings is 2. The number of hydrogen-bond donors (Lipinski definition) is 1. The second-order valence-electron chi connectivity index (χ2n) is 7.25. The highest BCUT2D eigenvalue weighted by Crippen LogP contribution is 2.21. The Hall–Kier alpha value is -3.14. The van der Waals surface area contributed by atoms with E-state index in [9.17, 15) is 4.79 Å². The van der Waals surface area contributed by atoms with Gasteiger partial charge in [0, 0.05) is 18.3 Å². The van der Waals surface area contributed by atoms with Crippen LogP contribution in [0.25, 0.3) is 0 Å². The lowest BCUT2D eigenvalue weighted by atomic mass is 10.0. The Morgan fingerprint density at radius 1 is 1.07 bits per heavy atom. The molecule has 28 heavy (non-hydrogen) atoms. The highest BCUT2D eigenvalue weighted by molar-refractivity contribution is 6.12. The molecule has 3 aromatic rings. The Balaban J connectivity index is 1.77. The molecule has 0 saturated carbocycles. The number of nitrogens with zero attached hydrogens (tertiary/aromatic N) is 1. The molecule has 0 bridgehead atoms. The van der Waals surface area contributed by atoms with Crippen LogP contribution in [0.3, 0.4) is 0 Å². The van der Waals surface area contributed by atoms with Gasteiger partial charge in [-0.1, -0.05) is 50.2 Å². The first kappa shape index (κ1) is 19.6. The average molecular weight is 374 g/mol. The Kier molecular flexibility index (Phi) is 6.43. The van der Waals surface area contributed by atoms with E-state index >= 15 is 0 Å². The van der Waals surface area contributed by atoms with Crippen LogP contribution in [0.2, 0.25) is 0 Å². The zero-order chi connectivity index (χ0) is 19.9. The lowest BCUT2D eigenvalue weighted by Crippen LogP contribution is -2.13. The summed E-state index contributed by atoms with van der Waals surface area (Å²) in [6.45, 7) is 7.53. The molecular weight excluding hydrogens is 348 g/mol. The molecule has 1 N–H and O–H groups in total. The summed E-state index contributed by atoms with van der Waals surface area (Å²) in [6.07, 6.45) is 1.70. The molecule has 4 heteroatoms. The zero-order valence-electron chi connectivity index (χ0n) is 16.6. The van der Waals surface area contributed by atoms with Crippen LogP contribution in [0.4, 0.5) is 5.82 Å². The normalized spacial score (nSPS) is 10.7. The molecule has 0 saturated heterocycles. The van der Waals surface area contributed by atoms with Crippen LogP contribution in [0.15, 0.2) is 66.9 Å². The van der Waals surface area contributed by atoms with E-state index in [-0.39, 0.29) is 5.78 Å². The second-order valence-corrected chi connectivity index (χ2v) is 7.25. The van der Waals surface area contributed by atoms with Gasteiger partial charge in [0.05, 0.1) is 5.56 Å². The van der Waals surface area contributed by atoms with Crippen molar-refractivity contribution < 1.29 is 9.53 Å². The lowest BCUT2D eigenvalue weighted by Gasteiger charge is -2.13. The predicted molar refractivity (Wildman–Crippen MR) is 113 cm³/mol. The first-order valence-electron chi connectivity index (χ1n) is 9.55. The maximum absolute atomic E-state index is 13.1. The fraction of sp³-hybridized carbons (Fsp3) is 0.250. The number of rotatable bonds is 8. The van der Waals surface area contributed by atoms with Gasteiger partial charge in [-0.25, -0.2) is 4.98 Å². The molecule has 0 unspecified atom stereocenters. The van der Waals surface area contributed by atoms with Gasteiger partial charge >= 0.3 is 0 Å². The Morgan fingerprint density at radius 2 is 1.89 bits per heavy atom. The summed E-state index contributed by atoms with van der Waals surface area (Å²) in [5.41, 5.74) is 3.47. The van der Waals surface area contributed by atoms with Crippen LogP contribution < -0.4 is 10.1 Å². The SMILES string of the molecule is Cc1ccccc1COc1cccc(C(=O)c2cccnc2NCC(C)C)c1. The van der Waals surface area contributed by atoms with Gasteiger partial charge in [-0.15, -0.1) is 0 Å². The Morgan fingerprint density at radius 3 is 2.68 bits per heavy atom. The van der Waals surface area contributed by atoms with Gasteiger partial charge in [0.25, 0.3) is 0 Å². The van der Waals surface area contributed by atoms with Crippen molar-refractivity contribution in [2.75, 3.05) is 11.9 Å². The van der Waals surface area contributed by atoms with Crippen molar-refractivity contribution in [3.8, 4) is 5.75 Å². The lowest BCUT2D eigenvalue weighted by molar-refractivity contribution is 0.103. The zero-order valence-corrected chi connectivity index (χ0v) is 16.6. The molecule has 1 heterocycles. The van der Waals surface area contributed by atoms with Crippen LogP contribution in [0, 0.1) is 12.8 Å². The number of ketones is 1. The van der Waals surface area contributed by atoms with E-state index in [0.29, 0.717) is 35.2 Å². The number of anilines is 1. The van der Waals surface area contributed by atoms with E-state index in [2.05, 4.69) is 37.1 Å². The van der Waals surface area contributed by atoms with Gasteiger partial charge in [-0.3, -0.25) is 4.79 Å².